The number of halogens is 1. The Morgan fingerprint density at radius 1 is 1.29 bits per heavy atom. The Bertz CT molecular complexity index is 449. The molecule has 0 unspecified atom stereocenters. The number of ketones is 1. The molecule has 17 heavy (non-hydrogen) atoms. The summed E-state index contributed by atoms with van der Waals surface area (Å²) in [6.45, 7) is 6.10. The van der Waals surface area contributed by atoms with Gasteiger partial charge >= 0.3 is 0 Å². The van der Waals surface area contributed by atoms with Crippen LogP contribution in [0.4, 0.5) is 4.39 Å². The molecule has 0 fully saturated rings. The lowest BCUT2D eigenvalue weighted by atomic mass is 10.3. The highest BCUT2D eigenvalue weighted by Gasteiger charge is 2.08. The van der Waals surface area contributed by atoms with Crippen LogP contribution in [0, 0.1) is 17.3 Å². The normalized spacial score (nSPS) is 10.4. The summed E-state index contributed by atoms with van der Waals surface area (Å²) in [5, 5.41) is 0. The second kappa shape index (κ2) is 5.64. The van der Waals surface area contributed by atoms with Gasteiger partial charge in [0.25, 0.3) is 0 Å². The van der Waals surface area contributed by atoms with Gasteiger partial charge in [-0.3, -0.25) is 4.79 Å². The second-order valence-electron chi connectivity index (χ2n) is 4.67. The lowest BCUT2D eigenvalue weighted by Gasteiger charge is -2.04. The van der Waals surface area contributed by atoms with Gasteiger partial charge in [0.05, 0.1) is 0 Å². The molecule has 1 rings (SSSR count). The molecule has 0 aliphatic carbocycles. The molecule has 0 heterocycles. The van der Waals surface area contributed by atoms with Crippen LogP contribution in [0.3, 0.4) is 0 Å². The van der Waals surface area contributed by atoms with Crippen molar-refractivity contribution < 1.29 is 13.9 Å². The molecule has 0 aliphatic rings. The summed E-state index contributed by atoms with van der Waals surface area (Å²) in [7, 11) is -1.52. The largest absolute Gasteiger partial charge is 0.485 e. The van der Waals surface area contributed by atoms with Gasteiger partial charge in [0.1, 0.15) is 19.6 Å². The first-order chi connectivity index (χ1) is 7.87. The zero-order chi connectivity index (χ0) is 12.9. The summed E-state index contributed by atoms with van der Waals surface area (Å²) in [5.74, 6) is 2.46. The van der Waals surface area contributed by atoms with E-state index in [0.717, 1.165) is 0 Å². The van der Waals surface area contributed by atoms with Gasteiger partial charge in [0, 0.05) is 0 Å². The molecule has 0 aromatic heterocycles. The van der Waals surface area contributed by atoms with E-state index in [-0.39, 0.29) is 18.2 Å². The molecule has 0 saturated carbocycles. The molecule has 2 nitrogen and oxygen atoms in total. The number of rotatable bonds is 3. The number of hydrogen-bond acceptors (Lipinski definition) is 2. The summed E-state index contributed by atoms with van der Waals surface area (Å²) < 4.78 is 17.8. The monoisotopic (exact) mass is 250 g/mol. The van der Waals surface area contributed by atoms with Crippen LogP contribution in [0.1, 0.15) is 0 Å². The van der Waals surface area contributed by atoms with Gasteiger partial charge in [-0.15, -0.1) is 5.54 Å². The maximum absolute atomic E-state index is 12.6. The zero-order valence-electron chi connectivity index (χ0n) is 10.2. The lowest BCUT2D eigenvalue weighted by Crippen LogP contribution is -2.18. The van der Waals surface area contributed by atoms with Crippen molar-refractivity contribution in [2.45, 2.75) is 19.6 Å². The highest BCUT2D eigenvalue weighted by atomic mass is 28.3. The summed E-state index contributed by atoms with van der Waals surface area (Å²) in [4.78, 5) is 11.4. The van der Waals surface area contributed by atoms with Gasteiger partial charge in [-0.25, -0.2) is 4.39 Å². The Morgan fingerprint density at radius 3 is 2.41 bits per heavy atom. The van der Waals surface area contributed by atoms with Crippen LogP contribution >= 0.6 is 0 Å². The number of carbonyl (C=O) groups is 1. The summed E-state index contributed by atoms with van der Waals surface area (Å²) in [6.07, 6.45) is 0. The zero-order valence-corrected chi connectivity index (χ0v) is 11.2. The van der Waals surface area contributed by atoms with Crippen molar-refractivity contribution in [3.8, 4) is 17.2 Å². The van der Waals surface area contributed by atoms with E-state index in [1.165, 1.54) is 24.3 Å². The fourth-order valence-corrected chi connectivity index (χ4v) is 1.49. The van der Waals surface area contributed by atoms with Crippen molar-refractivity contribution in [3.63, 3.8) is 0 Å². The molecule has 1 aromatic rings. The Morgan fingerprint density at radius 2 is 1.88 bits per heavy atom. The van der Waals surface area contributed by atoms with Crippen LogP contribution in [0.15, 0.2) is 24.3 Å². The Balaban J connectivity index is 2.48. The minimum absolute atomic E-state index is 0.0941. The summed E-state index contributed by atoms with van der Waals surface area (Å²) in [5.41, 5.74) is 2.97. The molecular weight excluding hydrogens is 235 g/mol. The van der Waals surface area contributed by atoms with Crippen LogP contribution in [0.25, 0.3) is 0 Å². The molecule has 0 radical (unpaired) electrons. The van der Waals surface area contributed by atoms with E-state index < -0.39 is 8.07 Å². The third-order valence-corrected chi connectivity index (χ3v) is 2.64. The molecule has 0 amide bonds. The predicted octanol–water partition coefficient (Wildman–Crippen LogP) is 2.65. The number of ether oxygens (including phenoxy) is 1. The SMILES string of the molecule is C[Si](C)(C)C#CC(=O)COc1ccc(F)cc1. The first kappa shape index (κ1) is 13.5. The highest BCUT2D eigenvalue weighted by molar-refractivity contribution is 6.84. The van der Waals surface area contributed by atoms with Crippen molar-refractivity contribution in [3.05, 3.63) is 30.1 Å². The van der Waals surface area contributed by atoms with Gasteiger partial charge in [0.15, 0.2) is 6.61 Å². The second-order valence-corrected chi connectivity index (χ2v) is 9.42. The molecule has 0 spiro atoms. The summed E-state index contributed by atoms with van der Waals surface area (Å²) in [6, 6.07) is 5.53. The van der Waals surface area contributed by atoms with Gasteiger partial charge in [0.2, 0.25) is 5.78 Å². The number of benzene rings is 1. The molecule has 90 valence electrons. The van der Waals surface area contributed by atoms with Crippen molar-refractivity contribution in [1.82, 2.24) is 0 Å². The molecule has 4 heteroatoms. The Kier molecular flexibility index (Phi) is 4.47. The molecule has 0 atom stereocenters. The van der Waals surface area contributed by atoms with Gasteiger partial charge in [-0.05, 0) is 30.2 Å². The van der Waals surface area contributed by atoms with E-state index in [1.807, 2.05) is 0 Å². The van der Waals surface area contributed by atoms with Crippen molar-refractivity contribution >= 4 is 13.9 Å². The van der Waals surface area contributed by atoms with Crippen molar-refractivity contribution in [2.75, 3.05) is 6.61 Å². The van der Waals surface area contributed by atoms with E-state index in [4.69, 9.17) is 4.74 Å². The predicted molar refractivity (Wildman–Crippen MR) is 68.0 cm³/mol. The standard InChI is InChI=1S/C13H15FO2Si/c1-17(2,3)9-8-12(15)10-16-13-6-4-11(14)5-7-13/h4-7H,10H2,1-3H3. The minimum atomic E-state index is -1.52. The highest BCUT2D eigenvalue weighted by Crippen LogP contribution is 2.10. The van der Waals surface area contributed by atoms with Gasteiger partial charge < -0.3 is 4.74 Å². The Hall–Kier alpha value is -1.60. The van der Waals surface area contributed by atoms with Crippen LogP contribution in [0.2, 0.25) is 19.6 Å². The van der Waals surface area contributed by atoms with E-state index in [2.05, 4.69) is 31.1 Å². The maximum atomic E-state index is 12.6. The van der Waals surface area contributed by atoms with E-state index >= 15 is 0 Å². The molecule has 0 N–H and O–H groups in total. The molecule has 0 bridgehead atoms. The van der Waals surface area contributed by atoms with E-state index in [9.17, 15) is 9.18 Å². The third-order valence-electron chi connectivity index (χ3n) is 1.76. The summed E-state index contributed by atoms with van der Waals surface area (Å²) >= 11 is 0. The first-order valence-corrected chi connectivity index (χ1v) is 8.81. The average molecular weight is 250 g/mol. The topological polar surface area (TPSA) is 26.3 Å². The molecule has 0 saturated heterocycles. The molecular formula is C13H15FO2Si. The van der Waals surface area contributed by atoms with E-state index in [0.29, 0.717) is 5.75 Å². The maximum Gasteiger partial charge on any atom is 0.242 e. The van der Waals surface area contributed by atoms with Crippen LogP contribution in [0.5, 0.6) is 5.75 Å². The van der Waals surface area contributed by atoms with Gasteiger partial charge in [-0.2, -0.15) is 0 Å². The molecule has 1 aromatic carbocycles. The number of Topliss-reactive ketones (excluding diaryl/α,β-unsaturated/α-hetero) is 1. The quantitative estimate of drug-likeness (QED) is 0.609. The van der Waals surface area contributed by atoms with Crippen LogP contribution < -0.4 is 4.74 Å². The number of carbonyl (C=O) groups excluding carboxylic acids is 1. The van der Waals surface area contributed by atoms with E-state index in [1.54, 1.807) is 0 Å². The van der Waals surface area contributed by atoms with Crippen molar-refractivity contribution in [2.24, 2.45) is 0 Å². The smallest absolute Gasteiger partial charge is 0.242 e. The minimum Gasteiger partial charge on any atom is -0.485 e. The molecule has 0 aliphatic heterocycles. The first-order valence-electron chi connectivity index (χ1n) is 5.31. The third kappa shape index (κ3) is 5.88. The fraction of sp³-hybridized carbons (Fsp3) is 0.308. The van der Waals surface area contributed by atoms with Crippen LogP contribution in [-0.2, 0) is 4.79 Å². The van der Waals surface area contributed by atoms with Crippen molar-refractivity contribution in [1.29, 1.82) is 0 Å². The average Bonchev–Trinajstić information content (AvgIpc) is 2.25. The number of hydrogen-bond donors (Lipinski definition) is 0. The van der Waals surface area contributed by atoms with Gasteiger partial charge in [-0.1, -0.05) is 19.6 Å². The lowest BCUT2D eigenvalue weighted by molar-refractivity contribution is -0.115. The fourth-order valence-electron chi connectivity index (χ4n) is 0.973. The van der Waals surface area contributed by atoms with Crippen LogP contribution in [-0.4, -0.2) is 20.5 Å². The Labute approximate surface area is 102 Å².